The lowest BCUT2D eigenvalue weighted by Gasteiger charge is -2.32. The molecule has 2 N–H and O–H groups in total. The molecule has 0 spiro atoms. The summed E-state index contributed by atoms with van der Waals surface area (Å²) in [6.45, 7) is 4.46. The van der Waals surface area contributed by atoms with Crippen molar-refractivity contribution in [1.82, 2.24) is 10.2 Å². The van der Waals surface area contributed by atoms with Crippen LogP contribution in [0.5, 0.6) is 0 Å². The summed E-state index contributed by atoms with van der Waals surface area (Å²) in [5.74, 6) is -0.533. The first kappa shape index (κ1) is 19.6. The molecule has 1 aliphatic heterocycles. The van der Waals surface area contributed by atoms with Crippen LogP contribution >= 0.6 is 0 Å². The molecule has 1 saturated heterocycles. The lowest BCUT2D eigenvalue weighted by molar-refractivity contribution is -0.145. The number of hydrogen-bond donors (Lipinski definition) is 2. The number of nitrogens with one attached hydrogen (secondary N) is 2. The smallest absolute Gasteiger partial charge is 0.246 e. The first-order valence-corrected chi connectivity index (χ1v) is 9.45. The first-order chi connectivity index (χ1) is 13.4. The molecule has 28 heavy (non-hydrogen) atoms. The second kappa shape index (κ2) is 8.69. The zero-order valence-corrected chi connectivity index (χ0v) is 16.1. The summed E-state index contributed by atoms with van der Waals surface area (Å²) < 4.78 is 0. The Bertz CT molecular complexity index is 864. The minimum atomic E-state index is -0.851. The minimum Gasteiger partial charge on any atom is -0.342 e. The highest BCUT2D eigenvalue weighted by Gasteiger charge is 2.34. The van der Waals surface area contributed by atoms with Crippen LogP contribution in [0.25, 0.3) is 0 Å². The maximum absolute atomic E-state index is 12.8. The highest BCUT2D eigenvalue weighted by Crippen LogP contribution is 2.24. The Morgan fingerprint density at radius 3 is 2.50 bits per heavy atom. The van der Waals surface area contributed by atoms with E-state index in [1.165, 1.54) is 4.90 Å². The largest absolute Gasteiger partial charge is 0.342 e. The third-order valence-corrected chi connectivity index (χ3v) is 4.74. The van der Waals surface area contributed by atoms with Crippen molar-refractivity contribution < 1.29 is 14.4 Å². The zero-order chi connectivity index (χ0) is 20.1. The molecule has 146 valence electrons. The Kier molecular flexibility index (Phi) is 6.09. The molecule has 6 heteroatoms. The third-order valence-electron chi connectivity index (χ3n) is 4.74. The van der Waals surface area contributed by atoms with Gasteiger partial charge in [-0.25, -0.2) is 0 Å². The van der Waals surface area contributed by atoms with E-state index in [4.69, 9.17) is 0 Å². The Morgan fingerprint density at radius 1 is 1.11 bits per heavy atom. The van der Waals surface area contributed by atoms with Crippen LogP contribution in [-0.2, 0) is 20.9 Å². The second-order valence-corrected chi connectivity index (χ2v) is 7.29. The van der Waals surface area contributed by atoms with Crippen LogP contribution in [-0.4, -0.2) is 35.2 Å². The van der Waals surface area contributed by atoms with Gasteiger partial charge in [-0.1, -0.05) is 62.4 Å². The van der Waals surface area contributed by atoms with Gasteiger partial charge >= 0.3 is 0 Å². The van der Waals surface area contributed by atoms with Crippen molar-refractivity contribution in [2.75, 3.05) is 11.9 Å². The average Bonchev–Trinajstić information content (AvgIpc) is 2.66. The monoisotopic (exact) mass is 379 g/mol. The Morgan fingerprint density at radius 2 is 1.79 bits per heavy atom. The highest BCUT2D eigenvalue weighted by atomic mass is 16.2. The average molecular weight is 379 g/mol. The van der Waals surface area contributed by atoms with Gasteiger partial charge in [0.2, 0.25) is 17.7 Å². The molecule has 2 aromatic rings. The molecule has 6 nitrogen and oxygen atoms in total. The van der Waals surface area contributed by atoms with Gasteiger partial charge in [0.15, 0.2) is 0 Å². The van der Waals surface area contributed by atoms with Crippen LogP contribution in [0.3, 0.4) is 0 Å². The van der Waals surface area contributed by atoms with Crippen LogP contribution in [0.2, 0.25) is 0 Å². The van der Waals surface area contributed by atoms with Crippen molar-refractivity contribution in [2.24, 2.45) is 0 Å². The van der Waals surface area contributed by atoms with E-state index in [1.54, 1.807) is 0 Å². The topological polar surface area (TPSA) is 78.5 Å². The number of amides is 3. The van der Waals surface area contributed by atoms with Crippen molar-refractivity contribution in [3.8, 4) is 0 Å². The van der Waals surface area contributed by atoms with E-state index >= 15 is 0 Å². The Balaban J connectivity index is 1.66. The summed E-state index contributed by atoms with van der Waals surface area (Å²) in [6, 6.07) is 16.2. The zero-order valence-electron chi connectivity index (χ0n) is 16.1. The van der Waals surface area contributed by atoms with Gasteiger partial charge in [0.05, 0.1) is 13.0 Å². The van der Waals surface area contributed by atoms with E-state index in [1.807, 2.05) is 54.6 Å². The predicted molar refractivity (Wildman–Crippen MR) is 108 cm³/mol. The normalized spacial score (nSPS) is 16.8. The number of carbonyl (C=O) groups is 3. The number of carbonyl (C=O) groups excluding carboxylic acids is 3. The lowest BCUT2D eigenvalue weighted by Crippen LogP contribution is -2.58. The highest BCUT2D eigenvalue weighted by molar-refractivity contribution is 6.00. The van der Waals surface area contributed by atoms with Gasteiger partial charge in [0.25, 0.3) is 0 Å². The van der Waals surface area contributed by atoms with Crippen molar-refractivity contribution in [3.63, 3.8) is 0 Å². The molecule has 1 aliphatic rings. The summed E-state index contributed by atoms with van der Waals surface area (Å²) in [5, 5.41) is 5.52. The molecule has 0 aliphatic carbocycles. The Labute approximate surface area is 164 Å². The number of para-hydroxylation sites is 1. The van der Waals surface area contributed by atoms with Gasteiger partial charge in [-0.3, -0.25) is 14.4 Å². The van der Waals surface area contributed by atoms with Gasteiger partial charge in [0.1, 0.15) is 6.04 Å². The molecule has 0 bridgehead atoms. The maximum atomic E-state index is 12.8. The summed E-state index contributed by atoms with van der Waals surface area (Å²) >= 11 is 0. The molecule has 3 amide bonds. The molecule has 3 rings (SSSR count). The van der Waals surface area contributed by atoms with Crippen molar-refractivity contribution in [2.45, 2.75) is 38.8 Å². The molecule has 1 atom stereocenters. The van der Waals surface area contributed by atoms with E-state index < -0.39 is 6.04 Å². The van der Waals surface area contributed by atoms with Crippen LogP contribution in [0.15, 0.2) is 54.6 Å². The number of piperazine rings is 1. The number of benzene rings is 2. The lowest BCUT2D eigenvalue weighted by atomic mass is 10.0. The van der Waals surface area contributed by atoms with E-state index in [2.05, 4.69) is 24.5 Å². The van der Waals surface area contributed by atoms with Crippen LogP contribution in [0.1, 0.15) is 37.3 Å². The number of rotatable bonds is 6. The van der Waals surface area contributed by atoms with E-state index in [0.29, 0.717) is 6.54 Å². The SMILES string of the molecule is CC(C)c1ccccc1NC(=O)CC1NC(=O)CN(Cc2ccccc2)C1=O. The second-order valence-electron chi connectivity index (χ2n) is 7.29. The summed E-state index contributed by atoms with van der Waals surface area (Å²) in [6.07, 6.45) is -0.0949. The third kappa shape index (κ3) is 4.76. The standard InChI is InChI=1S/C22H25N3O3/c1-15(2)17-10-6-7-11-18(17)23-20(26)12-19-22(28)25(14-21(27)24-19)13-16-8-4-3-5-9-16/h3-11,15,19H,12-14H2,1-2H3,(H,23,26)(H,24,27). The molecule has 0 saturated carbocycles. The van der Waals surface area contributed by atoms with Gasteiger partial charge in [-0.2, -0.15) is 0 Å². The fraction of sp³-hybridized carbons (Fsp3) is 0.318. The molecule has 0 radical (unpaired) electrons. The van der Waals surface area contributed by atoms with Crippen molar-refractivity contribution in [3.05, 3.63) is 65.7 Å². The first-order valence-electron chi connectivity index (χ1n) is 9.45. The van der Waals surface area contributed by atoms with Crippen LogP contribution in [0, 0.1) is 0 Å². The molecule has 1 unspecified atom stereocenters. The maximum Gasteiger partial charge on any atom is 0.246 e. The quantitative estimate of drug-likeness (QED) is 0.810. The summed E-state index contributed by atoms with van der Waals surface area (Å²) in [4.78, 5) is 38.9. The van der Waals surface area contributed by atoms with Crippen molar-refractivity contribution >= 4 is 23.4 Å². The summed E-state index contributed by atoms with van der Waals surface area (Å²) in [7, 11) is 0. The summed E-state index contributed by atoms with van der Waals surface area (Å²) in [5.41, 5.74) is 2.71. The van der Waals surface area contributed by atoms with Gasteiger partial charge < -0.3 is 15.5 Å². The van der Waals surface area contributed by atoms with Gasteiger partial charge in [0, 0.05) is 12.2 Å². The fourth-order valence-corrected chi connectivity index (χ4v) is 3.35. The van der Waals surface area contributed by atoms with Crippen LogP contribution in [0.4, 0.5) is 5.69 Å². The van der Waals surface area contributed by atoms with E-state index in [9.17, 15) is 14.4 Å². The van der Waals surface area contributed by atoms with Crippen LogP contribution < -0.4 is 10.6 Å². The Hall–Kier alpha value is -3.15. The minimum absolute atomic E-state index is 0.00201. The molecule has 1 fully saturated rings. The number of anilines is 1. The molecule has 0 aromatic heterocycles. The fourth-order valence-electron chi connectivity index (χ4n) is 3.35. The number of hydrogen-bond acceptors (Lipinski definition) is 3. The molecular formula is C22H25N3O3. The predicted octanol–water partition coefficient (Wildman–Crippen LogP) is 2.67. The van der Waals surface area contributed by atoms with Crippen molar-refractivity contribution in [1.29, 1.82) is 0 Å². The molecule has 1 heterocycles. The molecule has 2 aromatic carbocycles. The number of nitrogens with zero attached hydrogens (tertiary/aromatic N) is 1. The molecular weight excluding hydrogens is 354 g/mol. The van der Waals surface area contributed by atoms with Gasteiger partial charge in [-0.05, 0) is 23.1 Å². The van der Waals surface area contributed by atoms with E-state index in [-0.39, 0.29) is 36.6 Å². The van der Waals surface area contributed by atoms with E-state index in [0.717, 1.165) is 16.8 Å². The van der Waals surface area contributed by atoms with Gasteiger partial charge in [-0.15, -0.1) is 0 Å².